The summed E-state index contributed by atoms with van der Waals surface area (Å²) in [6.45, 7) is 21.9. The van der Waals surface area contributed by atoms with Crippen LogP contribution >= 0.6 is 0 Å². The highest BCUT2D eigenvalue weighted by Crippen LogP contribution is 2.58. The molecular formula is C88H76N2. The van der Waals surface area contributed by atoms with E-state index in [9.17, 15) is 0 Å². The lowest BCUT2D eigenvalue weighted by molar-refractivity contribution is 0.586. The van der Waals surface area contributed by atoms with Crippen molar-refractivity contribution >= 4 is 46.3 Å². The largest absolute Gasteiger partial charge is 0.310 e. The highest BCUT2D eigenvalue weighted by molar-refractivity contribution is 5.90. The zero-order valence-corrected chi connectivity index (χ0v) is 52.6. The molecule has 0 aromatic heterocycles. The first-order valence-electron chi connectivity index (χ1n) is 31.8. The molecule has 1 unspecified atom stereocenters. The van der Waals surface area contributed by atoms with Gasteiger partial charge >= 0.3 is 0 Å². The van der Waals surface area contributed by atoms with Crippen LogP contribution in [0.5, 0.6) is 0 Å². The van der Waals surface area contributed by atoms with Crippen molar-refractivity contribution < 1.29 is 0 Å². The molecule has 2 atom stereocenters. The van der Waals surface area contributed by atoms with Gasteiger partial charge in [-0.1, -0.05) is 285 Å². The molecule has 2 heteroatoms. The SMILES string of the molecule is C=Cc1ccc(CC2(c3ccc(C(C)(C)C)cc3)c3ccccc3-c3ccc(N(c4ccccc4)c4ccc(-c5ccc(N(c6ccccc6)c6ccc7c(c6)[C@@](Cc6ccc(C=C)cc6)(c6ccc(C(C)(C)C)cc6)c6ccccc6-7)cc5)cc4)cc32)cc1. The molecule has 0 spiro atoms. The topological polar surface area (TPSA) is 6.48 Å². The van der Waals surface area contributed by atoms with E-state index in [2.05, 4.69) is 356 Å². The molecule has 0 amide bonds. The zero-order valence-electron chi connectivity index (χ0n) is 52.6. The van der Waals surface area contributed by atoms with Crippen LogP contribution in [0.4, 0.5) is 34.1 Å². The maximum Gasteiger partial charge on any atom is 0.0504 e. The summed E-state index contributed by atoms with van der Waals surface area (Å²) in [5, 5.41) is 0. The van der Waals surface area contributed by atoms with Gasteiger partial charge in [0.25, 0.3) is 0 Å². The molecule has 2 nitrogen and oxygen atoms in total. The predicted molar refractivity (Wildman–Crippen MR) is 383 cm³/mol. The minimum absolute atomic E-state index is 0.0255. The fourth-order valence-corrected chi connectivity index (χ4v) is 14.5. The van der Waals surface area contributed by atoms with Crippen LogP contribution in [-0.2, 0) is 34.5 Å². The number of anilines is 6. The van der Waals surface area contributed by atoms with Crippen molar-refractivity contribution in [1.29, 1.82) is 0 Å². The minimum Gasteiger partial charge on any atom is -0.310 e. The molecular weight excluding hydrogens is 1080 g/mol. The third-order valence-electron chi connectivity index (χ3n) is 19.3. The highest BCUT2D eigenvalue weighted by atomic mass is 15.1. The zero-order chi connectivity index (χ0) is 61.8. The van der Waals surface area contributed by atoms with Crippen LogP contribution in [0.2, 0.25) is 0 Å². The van der Waals surface area contributed by atoms with Crippen molar-refractivity contribution in [1.82, 2.24) is 0 Å². The van der Waals surface area contributed by atoms with Crippen molar-refractivity contribution in [2.75, 3.05) is 9.80 Å². The van der Waals surface area contributed by atoms with Gasteiger partial charge in [0, 0.05) is 34.1 Å². The summed E-state index contributed by atoms with van der Waals surface area (Å²) in [7, 11) is 0. The lowest BCUT2D eigenvalue weighted by atomic mass is 9.68. The lowest BCUT2D eigenvalue weighted by Gasteiger charge is -2.35. The number of para-hydroxylation sites is 2. The van der Waals surface area contributed by atoms with Gasteiger partial charge in [-0.2, -0.15) is 0 Å². The standard InChI is InChI=1S/C88H76N2/c1-9-61-29-33-63(34-30-61)59-87(69-45-41-67(42-46-69)85(3,4)5)81-27-19-17-25-77(81)79-55-53-75(57-83(79)87)89(71-21-13-11-14-22-71)73-49-37-65(38-50-73)66-39-51-74(52-40-66)90(72-23-15-12-16-24-72)76-54-56-80-78-26-18-20-28-82(78)88(84(80)58-76,60-64-35-31-62(10-2)32-36-64)70-47-43-68(44-48-70)86(6,7)8/h9-58H,1-2,59-60H2,3-8H3/t87-,88?/m0/s1. The molecule has 2 aliphatic carbocycles. The van der Waals surface area contributed by atoms with Crippen LogP contribution in [0.15, 0.2) is 304 Å². The van der Waals surface area contributed by atoms with Gasteiger partial charge in [0.1, 0.15) is 0 Å². The molecule has 0 fully saturated rings. The maximum absolute atomic E-state index is 4.07. The van der Waals surface area contributed by atoms with Gasteiger partial charge < -0.3 is 9.80 Å². The Morgan fingerprint density at radius 3 is 0.956 bits per heavy atom. The van der Waals surface area contributed by atoms with E-state index in [1.54, 1.807) is 0 Å². The Bertz CT molecular complexity index is 4280. The number of benzene rings is 12. The summed E-state index contributed by atoms with van der Waals surface area (Å²) in [6, 6.07) is 109. The molecule has 90 heavy (non-hydrogen) atoms. The van der Waals surface area contributed by atoms with E-state index >= 15 is 0 Å². The first-order valence-corrected chi connectivity index (χ1v) is 31.8. The molecule has 438 valence electrons. The first-order chi connectivity index (χ1) is 43.7. The number of hydrogen-bond acceptors (Lipinski definition) is 2. The van der Waals surface area contributed by atoms with E-state index in [4.69, 9.17) is 0 Å². The third-order valence-corrected chi connectivity index (χ3v) is 19.3. The lowest BCUT2D eigenvalue weighted by Crippen LogP contribution is -2.30. The molecule has 0 aliphatic heterocycles. The Labute approximate surface area is 533 Å². The van der Waals surface area contributed by atoms with Crippen molar-refractivity contribution in [3.63, 3.8) is 0 Å². The Balaban J connectivity index is 0.839. The quantitative estimate of drug-likeness (QED) is 0.101. The van der Waals surface area contributed by atoms with E-state index in [0.29, 0.717) is 0 Å². The fourth-order valence-electron chi connectivity index (χ4n) is 14.5. The summed E-state index contributed by atoms with van der Waals surface area (Å²) in [5.41, 5.74) is 28.4. The molecule has 12 aromatic rings. The summed E-state index contributed by atoms with van der Waals surface area (Å²) < 4.78 is 0. The molecule has 0 heterocycles. The summed E-state index contributed by atoms with van der Waals surface area (Å²) in [4.78, 5) is 4.84. The second kappa shape index (κ2) is 23.0. The minimum atomic E-state index is -0.461. The predicted octanol–water partition coefficient (Wildman–Crippen LogP) is 23.3. The van der Waals surface area contributed by atoms with Crippen LogP contribution < -0.4 is 9.80 Å². The summed E-state index contributed by atoms with van der Waals surface area (Å²) in [5.74, 6) is 0. The molecule has 0 saturated carbocycles. The fraction of sp³-hybridized carbons (Fsp3) is 0.136. The molecule has 12 aromatic carbocycles. The second-order valence-corrected chi connectivity index (χ2v) is 26.7. The Morgan fingerprint density at radius 1 is 0.300 bits per heavy atom. The van der Waals surface area contributed by atoms with Crippen molar-refractivity contribution in [2.45, 2.75) is 76.0 Å². The normalized spacial score (nSPS) is 15.5. The van der Waals surface area contributed by atoms with Crippen LogP contribution in [-0.4, -0.2) is 0 Å². The van der Waals surface area contributed by atoms with Crippen molar-refractivity contribution in [3.05, 3.63) is 371 Å². The number of hydrogen-bond donors (Lipinski definition) is 0. The smallest absolute Gasteiger partial charge is 0.0504 e. The molecule has 0 radical (unpaired) electrons. The Morgan fingerprint density at radius 2 is 0.611 bits per heavy atom. The van der Waals surface area contributed by atoms with Crippen molar-refractivity contribution in [2.24, 2.45) is 0 Å². The third kappa shape index (κ3) is 10.2. The van der Waals surface area contributed by atoms with E-state index in [-0.39, 0.29) is 10.8 Å². The first kappa shape index (κ1) is 57.5. The van der Waals surface area contributed by atoms with E-state index in [1.165, 1.54) is 77.9 Å². The second-order valence-electron chi connectivity index (χ2n) is 26.7. The molecule has 0 saturated heterocycles. The number of nitrogens with zero attached hydrogens (tertiary/aromatic N) is 2. The number of fused-ring (bicyclic) bond motifs is 6. The van der Waals surface area contributed by atoms with Gasteiger partial charge in [-0.25, -0.2) is 0 Å². The van der Waals surface area contributed by atoms with Gasteiger partial charge in [0.15, 0.2) is 0 Å². The molecule has 0 N–H and O–H groups in total. The molecule has 2 aliphatic rings. The Hall–Kier alpha value is -10.3. The van der Waals surface area contributed by atoms with Crippen LogP contribution in [0.25, 0.3) is 45.5 Å². The number of rotatable bonds is 15. The van der Waals surface area contributed by atoms with Gasteiger partial charge in [-0.3, -0.25) is 0 Å². The van der Waals surface area contributed by atoms with E-state index < -0.39 is 10.8 Å². The van der Waals surface area contributed by atoms with E-state index in [0.717, 1.165) is 69.2 Å². The maximum atomic E-state index is 4.07. The Kier molecular flexibility index (Phi) is 14.7. The van der Waals surface area contributed by atoms with Crippen LogP contribution in [0, 0.1) is 0 Å². The van der Waals surface area contributed by atoms with Gasteiger partial charge in [-0.15, -0.1) is 0 Å². The average molecular weight is 1160 g/mol. The average Bonchev–Trinajstić information content (AvgIpc) is 1.66. The van der Waals surface area contributed by atoms with Gasteiger partial charge in [-0.05, 0) is 197 Å². The van der Waals surface area contributed by atoms with Gasteiger partial charge in [0.05, 0.1) is 10.8 Å². The highest BCUT2D eigenvalue weighted by Gasteiger charge is 2.47. The van der Waals surface area contributed by atoms with Gasteiger partial charge in [0.2, 0.25) is 0 Å². The molecule has 0 bridgehead atoms. The van der Waals surface area contributed by atoms with Crippen LogP contribution in [0.3, 0.4) is 0 Å². The molecule has 14 rings (SSSR count). The van der Waals surface area contributed by atoms with Crippen LogP contribution in [0.1, 0.15) is 108 Å². The van der Waals surface area contributed by atoms with Crippen molar-refractivity contribution in [3.8, 4) is 33.4 Å². The monoisotopic (exact) mass is 1160 g/mol. The summed E-state index contributed by atoms with van der Waals surface area (Å²) in [6.07, 6.45) is 5.46. The van der Waals surface area contributed by atoms with E-state index in [1.807, 2.05) is 12.2 Å². The summed E-state index contributed by atoms with van der Waals surface area (Å²) >= 11 is 0.